The number of nitrogens with zero attached hydrogens (tertiary/aromatic N) is 3. The van der Waals surface area contributed by atoms with E-state index in [0.717, 1.165) is 0 Å². The third kappa shape index (κ3) is 3.65. The van der Waals surface area contributed by atoms with Crippen molar-refractivity contribution >= 4 is 22.7 Å². The molecule has 0 aliphatic heterocycles. The molecule has 0 amide bonds. The lowest BCUT2D eigenvalue weighted by molar-refractivity contribution is -0.384. The number of aromatic nitrogens is 3. The summed E-state index contributed by atoms with van der Waals surface area (Å²) in [6.07, 6.45) is 0. The number of nitro benzene ring substituents is 1. The van der Waals surface area contributed by atoms with Crippen LogP contribution >= 0.6 is 0 Å². The highest BCUT2D eigenvalue weighted by Gasteiger charge is 2.23. The van der Waals surface area contributed by atoms with Gasteiger partial charge in [0.2, 0.25) is 5.75 Å². The number of methoxy groups -OCH3 is 3. The predicted octanol–water partition coefficient (Wildman–Crippen LogP) is 3.92. The van der Waals surface area contributed by atoms with Crippen LogP contribution in [0.15, 0.2) is 42.5 Å². The molecule has 2 aromatic heterocycles. The number of H-pyrrole nitrogens is 1. The highest BCUT2D eigenvalue weighted by Crippen LogP contribution is 2.44. The molecule has 0 unspecified atom stereocenters. The van der Waals surface area contributed by atoms with E-state index in [9.17, 15) is 20.0 Å². The van der Waals surface area contributed by atoms with Crippen LogP contribution in [0.3, 0.4) is 0 Å². The van der Waals surface area contributed by atoms with E-state index in [-0.39, 0.29) is 22.3 Å². The number of ether oxygens (including phenoxy) is 3. The molecule has 11 heteroatoms. The van der Waals surface area contributed by atoms with Crippen LogP contribution in [0.2, 0.25) is 0 Å². The molecule has 168 valence electrons. The molecule has 0 fully saturated rings. The molecule has 11 nitrogen and oxygen atoms in total. The smallest absolute Gasteiger partial charge is 0.336 e. The summed E-state index contributed by atoms with van der Waals surface area (Å²) in [4.78, 5) is 27.1. The van der Waals surface area contributed by atoms with Crippen LogP contribution < -0.4 is 14.2 Å². The van der Waals surface area contributed by atoms with Gasteiger partial charge < -0.3 is 19.3 Å². The third-order valence-electron chi connectivity index (χ3n) is 5.10. The Morgan fingerprint density at radius 2 is 1.73 bits per heavy atom. The van der Waals surface area contributed by atoms with Gasteiger partial charge in [0.25, 0.3) is 5.69 Å². The van der Waals surface area contributed by atoms with Gasteiger partial charge in [-0.15, -0.1) is 0 Å². The van der Waals surface area contributed by atoms with E-state index in [1.165, 1.54) is 51.7 Å². The molecule has 0 saturated carbocycles. The van der Waals surface area contributed by atoms with Gasteiger partial charge in [0.1, 0.15) is 0 Å². The number of carbonyl (C=O) groups is 1. The largest absolute Gasteiger partial charge is 0.493 e. The fourth-order valence-electron chi connectivity index (χ4n) is 3.59. The lowest BCUT2D eigenvalue weighted by Crippen LogP contribution is -2.02. The van der Waals surface area contributed by atoms with E-state index in [0.29, 0.717) is 39.8 Å². The summed E-state index contributed by atoms with van der Waals surface area (Å²) >= 11 is 0. The molecule has 0 radical (unpaired) electrons. The standard InChI is InChI=1S/C22H18N4O7/c1-31-16-9-8-13(19(32-2)20(16)33-3)15-10-14(22(27)28)17-18(24-25-21(17)23-15)11-4-6-12(7-5-11)26(29)30/h4-10H,1-3H3,(H,27,28)(H,23,24,25). The van der Waals surface area contributed by atoms with E-state index in [4.69, 9.17) is 14.2 Å². The molecule has 2 aromatic carbocycles. The van der Waals surface area contributed by atoms with Gasteiger partial charge in [0.15, 0.2) is 17.1 Å². The van der Waals surface area contributed by atoms with E-state index in [1.54, 1.807) is 12.1 Å². The number of aromatic carboxylic acids is 1. The van der Waals surface area contributed by atoms with Crippen molar-refractivity contribution in [2.75, 3.05) is 21.3 Å². The number of fused-ring (bicyclic) bond motifs is 1. The van der Waals surface area contributed by atoms with E-state index < -0.39 is 10.9 Å². The molecule has 0 aliphatic rings. The lowest BCUT2D eigenvalue weighted by atomic mass is 10.0. The fraction of sp³-hybridized carbons (Fsp3) is 0.136. The number of carboxylic acid groups (broad SMARTS) is 1. The van der Waals surface area contributed by atoms with Gasteiger partial charge >= 0.3 is 5.97 Å². The Labute approximate surface area is 186 Å². The Balaban J connectivity index is 1.93. The van der Waals surface area contributed by atoms with Crippen LogP contribution in [0, 0.1) is 10.1 Å². The van der Waals surface area contributed by atoms with Crippen LogP contribution in [0.1, 0.15) is 10.4 Å². The van der Waals surface area contributed by atoms with Gasteiger partial charge in [-0.1, -0.05) is 0 Å². The summed E-state index contributed by atoms with van der Waals surface area (Å²) in [7, 11) is 4.42. The summed E-state index contributed by atoms with van der Waals surface area (Å²) in [5.41, 5.74) is 1.74. The first-order valence-corrected chi connectivity index (χ1v) is 9.56. The lowest BCUT2D eigenvalue weighted by Gasteiger charge is -2.15. The summed E-state index contributed by atoms with van der Waals surface area (Å²) in [6.45, 7) is 0. The second kappa shape index (κ2) is 8.46. The van der Waals surface area contributed by atoms with Gasteiger partial charge in [0, 0.05) is 23.3 Å². The van der Waals surface area contributed by atoms with Crippen LogP contribution in [0.4, 0.5) is 5.69 Å². The van der Waals surface area contributed by atoms with E-state index >= 15 is 0 Å². The number of hydrogen-bond acceptors (Lipinski definition) is 8. The maximum Gasteiger partial charge on any atom is 0.336 e. The Bertz CT molecular complexity index is 1380. The molecule has 4 aromatic rings. The second-order valence-electron chi connectivity index (χ2n) is 6.84. The molecule has 0 bridgehead atoms. The van der Waals surface area contributed by atoms with Crippen molar-refractivity contribution in [1.29, 1.82) is 0 Å². The number of rotatable bonds is 7. The minimum atomic E-state index is -1.19. The number of nitrogens with one attached hydrogen (secondary N) is 1. The summed E-state index contributed by atoms with van der Waals surface area (Å²) in [6, 6.07) is 10.5. The zero-order chi connectivity index (χ0) is 23.7. The second-order valence-corrected chi connectivity index (χ2v) is 6.84. The number of hydrogen-bond donors (Lipinski definition) is 2. The fourth-order valence-corrected chi connectivity index (χ4v) is 3.59. The Kier molecular flexibility index (Phi) is 5.53. The average molecular weight is 450 g/mol. The first-order chi connectivity index (χ1) is 15.9. The van der Waals surface area contributed by atoms with Crippen molar-refractivity contribution in [2.24, 2.45) is 0 Å². The molecule has 2 N–H and O–H groups in total. The maximum absolute atomic E-state index is 12.2. The Hall–Kier alpha value is -4.67. The first kappa shape index (κ1) is 21.6. The van der Waals surface area contributed by atoms with Gasteiger partial charge in [-0.2, -0.15) is 5.10 Å². The first-order valence-electron chi connectivity index (χ1n) is 9.56. The summed E-state index contributed by atoms with van der Waals surface area (Å²) in [5.74, 6) is -0.0819. The molecule has 0 aliphatic carbocycles. The Morgan fingerprint density at radius 3 is 2.30 bits per heavy atom. The molecule has 2 heterocycles. The molecule has 4 rings (SSSR count). The topological polar surface area (TPSA) is 150 Å². The van der Waals surface area contributed by atoms with E-state index in [1.807, 2.05) is 0 Å². The number of benzene rings is 2. The van der Waals surface area contributed by atoms with Crippen molar-refractivity contribution in [3.05, 3.63) is 58.1 Å². The van der Waals surface area contributed by atoms with Gasteiger partial charge in [-0.05, 0) is 30.3 Å². The quantitative estimate of drug-likeness (QED) is 0.315. The number of carboxylic acids is 1. The third-order valence-corrected chi connectivity index (χ3v) is 5.10. The number of nitro groups is 1. The average Bonchev–Trinajstić information content (AvgIpc) is 3.26. The van der Waals surface area contributed by atoms with Gasteiger partial charge in [-0.25, -0.2) is 9.78 Å². The van der Waals surface area contributed by atoms with Gasteiger partial charge in [-0.3, -0.25) is 15.2 Å². The molecular weight excluding hydrogens is 432 g/mol. The molecule has 0 atom stereocenters. The Morgan fingerprint density at radius 1 is 1.03 bits per heavy atom. The van der Waals surface area contributed by atoms with Crippen molar-refractivity contribution in [3.8, 4) is 39.8 Å². The molecule has 0 saturated heterocycles. The highest BCUT2D eigenvalue weighted by atomic mass is 16.6. The number of non-ortho nitro benzene ring substituents is 1. The predicted molar refractivity (Wildman–Crippen MR) is 118 cm³/mol. The zero-order valence-corrected chi connectivity index (χ0v) is 17.8. The summed E-state index contributed by atoms with van der Waals surface area (Å²) < 4.78 is 16.2. The minimum Gasteiger partial charge on any atom is -0.493 e. The van der Waals surface area contributed by atoms with Crippen molar-refractivity contribution in [1.82, 2.24) is 15.2 Å². The monoisotopic (exact) mass is 450 g/mol. The number of pyridine rings is 1. The zero-order valence-electron chi connectivity index (χ0n) is 17.8. The molecule has 33 heavy (non-hydrogen) atoms. The normalized spacial score (nSPS) is 10.8. The highest BCUT2D eigenvalue weighted by molar-refractivity contribution is 6.08. The number of aromatic amines is 1. The maximum atomic E-state index is 12.2. The van der Waals surface area contributed by atoms with E-state index in [2.05, 4.69) is 15.2 Å². The van der Waals surface area contributed by atoms with Crippen LogP contribution in [-0.2, 0) is 0 Å². The minimum absolute atomic E-state index is 0.0473. The van der Waals surface area contributed by atoms with Crippen molar-refractivity contribution in [2.45, 2.75) is 0 Å². The van der Waals surface area contributed by atoms with Crippen LogP contribution in [0.5, 0.6) is 17.2 Å². The van der Waals surface area contributed by atoms with Gasteiger partial charge in [0.05, 0.1) is 48.6 Å². The van der Waals surface area contributed by atoms with Crippen LogP contribution in [-0.4, -0.2) is 52.5 Å². The van der Waals surface area contributed by atoms with Crippen molar-refractivity contribution < 1.29 is 29.0 Å². The van der Waals surface area contributed by atoms with Crippen molar-refractivity contribution in [3.63, 3.8) is 0 Å². The molecular formula is C22H18N4O7. The molecule has 0 spiro atoms. The summed E-state index contributed by atoms with van der Waals surface area (Å²) in [5, 5.41) is 28.1. The SMILES string of the molecule is COc1ccc(-c2cc(C(=O)O)c3c(-c4ccc([N+](=O)[O-])cc4)[nH]nc3n2)c(OC)c1OC. The van der Waals surface area contributed by atoms with Crippen LogP contribution in [0.25, 0.3) is 33.5 Å².